The standard InChI is InChI=1S/C32H26BrN3O5S/c1-4-40-31(38)28-19(2)35-32-36(29(28)21-10-12-24(39-3)13-11-21)30(37)27(42-32)16-20-9-14-26(25(33)15-20)41-18-23-8-6-5-7-22(23)17-34/h5-16,29H,4,18H2,1-3H3/b27-16+/t29-/m1/s1. The van der Waals surface area contributed by atoms with Gasteiger partial charge in [0.15, 0.2) is 4.80 Å². The van der Waals surface area contributed by atoms with Crippen LogP contribution in [0.2, 0.25) is 0 Å². The average Bonchev–Trinajstić information content (AvgIpc) is 3.30. The molecule has 212 valence electrons. The van der Waals surface area contributed by atoms with Crippen molar-refractivity contribution in [2.45, 2.75) is 26.5 Å². The first kappa shape index (κ1) is 29.0. The molecule has 0 unspecified atom stereocenters. The first-order chi connectivity index (χ1) is 20.3. The highest BCUT2D eigenvalue weighted by molar-refractivity contribution is 9.10. The number of fused-ring (bicyclic) bond motifs is 1. The van der Waals surface area contributed by atoms with Crippen LogP contribution in [0.3, 0.4) is 0 Å². The van der Waals surface area contributed by atoms with E-state index in [0.717, 1.165) is 16.7 Å². The van der Waals surface area contributed by atoms with Gasteiger partial charge in [-0.25, -0.2) is 9.79 Å². The van der Waals surface area contributed by atoms with Crippen molar-refractivity contribution in [2.24, 2.45) is 4.99 Å². The van der Waals surface area contributed by atoms with Gasteiger partial charge in [-0.05, 0) is 77.3 Å². The summed E-state index contributed by atoms with van der Waals surface area (Å²) in [7, 11) is 1.58. The summed E-state index contributed by atoms with van der Waals surface area (Å²) in [5.41, 5.74) is 3.43. The fourth-order valence-electron chi connectivity index (χ4n) is 4.68. The van der Waals surface area contributed by atoms with Gasteiger partial charge in [-0.1, -0.05) is 47.7 Å². The molecule has 4 aromatic rings. The zero-order valence-corrected chi connectivity index (χ0v) is 25.5. The number of hydrogen-bond acceptors (Lipinski definition) is 8. The predicted molar refractivity (Wildman–Crippen MR) is 163 cm³/mol. The molecule has 3 aromatic carbocycles. The molecule has 0 fully saturated rings. The molecular weight excluding hydrogens is 618 g/mol. The van der Waals surface area contributed by atoms with E-state index in [1.807, 2.05) is 48.5 Å². The number of rotatable bonds is 8. The zero-order chi connectivity index (χ0) is 29.8. The molecule has 0 spiro atoms. The summed E-state index contributed by atoms with van der Waals surface area (Å²) < 4.78 is 19.3. The molecule has 1 aromatic heterocycles. The molecule has 0 radical (unpaired) electrons. The van der Waals surface area contributed by atoms with Crippen LogP contribution in [0.15, 0.2) is 92.3 Å². The van der Waals surface area contributed by atoms with Gasteiger partial charge >= 0.3 is 5.97 Å². The minimum Gasteiger partial charge on any atom is -0.497 e. The lowest BCUT2D eigenvalue weighted by Crippen LogP contribution is -2.39. The van der Waals surface area contributed by atoms with Crippen LogP contribution in [0.1, 0.15) is 42.1 Å². The third kappa shape index (κ3) is 5.79. The quantitative estimate of drug-likeness (QED) is 0.250. The van der Waals surface area contributed by atoms with Crippen molar-refractivity contribution in [3.63, 3.8) is 0 Å². The Morgan fingerprint density at radius 1 is 1.17 bits per heavy atom. The van der Waals surface area contributed by atoms with Gasteiger partial charge in [0.1, 0.15) is 18.1 Å². The second kappa shape index (κ2) is 12.6. The van der Waals surface area contributed by atoms with Gasteiger partial charge in [0.25, 0.3) is 5.56 Å². The van der Waals surface area contributed by atoms with Gasteiger partial charge in [0.2, 0.25) is 0 Å². The van der Waals surface area contributed by atoms with Crippen molar-refractivity contribution in [2.75, 3.05) is 13.7 Å². The van der Waals surface area contributed by atoms with Gasteiger partial charge in [0, 0.05) is 5.56 Å². The van der Waals surface area contributed by atoms with Crippen LogP contribution < -0.4 is 24.4 Å². The molecule has 8 nitrogen and oxygen atoms in total. The molecule has 0 amide bonds. The number of carbonyl (C=O) groups is 1. The van der Waals surface area contributed by atoms with Crippen LogP contribution in [0.5, 0.6) is 11.5 Å². The summed E-state index contributed by atoms with van der Waals surface area (Å²) in [6, 6.07) is 21.6. The topological polar surface area (TPSA) is 103 Å². The highest BCUT2D eigenvalue weighted by Crippen LogP contribution is 2.32. The number of thiazole rings is 1. The number of hydrogen-bond donors (Lipinski definition) is 0. The molecular formula is C32H26BrN3O5S. The molecule has 1 aliphatic rings. The lowest BCUT2D eigenvalue weighted by atomic mass is 9.96. The van der Waals surface area contributed by atoms with Crippen molar-refractivity contribution in [1.82, 2.24) is 4.57 Å². The van der Waals surface area contributed by atoms with E-state index in [1.165, 1.54) is 11.3 Å². The smallest absolute Gasteiger partial charge is 0.338 e. The second-order valence-corrected chi connectivity index (χ2v) is 11.2. The number of halogens is 1. The Bertz CT molecular complexity index is 1920. The maximum atomic E-state index is 13.8. The Kier molecular flexibility index (Phi) is 8.71. The lowest BCUT2D eigenvalue weighted by Gasteiger charge is -2.24. The number of esters is 1. The molecule has 2 heterocycles. The van der Waals surface area contributed by atoms with Crippen molar-refractivity contribution in [3.05, 3.63) is 124 Å². The summed E-state index contributed by atoms with van der Waals surface area (Å²) in [4.78, 5) is 32.0. The van der Waals surface area contributed by atoms with Gasteiger partial charge < -0.3 is 14.2 Å². The number of methoxy groups -OCH3 is 1. The Morgan fingerprint density at radius 3 is 2.62 bits per heavy atom. The van der Waals surface area contributed by atoms with Crippen molar-refractivity contribution < 1.29 is 19.0 Å². The van der Waals surface area contributed by atoms with E-state index in [4.69, 9.17) is 14.2 Å². The third-order valence-corrected chi connectivity index (χ3v) is 8.33. The summed E-state index contributed by atoms with van der Waals surface area (Å²) in [6.45, 7) is 3.94. The zero-order valence-electron chi connectivity index (χ0n) is 23.1. The first-order valence-corrected chi connectivity index (χ1v) is 14.7. The maximum Gasteiger partial charge on any atom is 0.338 e. The van der Waals surface area contributed by atoms with Crippen LogP contribution in [0.25, 0.3) is 6.08 Å². The van der Waals surface area contributed by atoms with Gasteiger partial charge in [-0.2, -0.15) is 5.26 Å². The van der Waals surface area contributed by atoms with Crippen molar-refractivity contribution in [1.29, 1.82) is 5.26 Å². The Hall–Kier alpha value is -4.46. The molecule has 0 aliphatic carbocycles. The molecule has 0 saturated heterocycles. The molecule has 1 atom stereocenters. The summed E-state index contributed by atoms with van der Waals surface area (Å²) in [5.74, 6) is 0.762. The van der Waals surface area contributed by atoms with Crippen LogP contribution in [0.4, 0.5) is 0 Å². The molecule has 0 saturated carbocycles. The fraction of sp³-hybridized carbons (Fsp3) is 0.188. The van der Waals surface area contributed by atoms with Crippen molar-refractivity contribution >= 4 is 39.3 Å². The van der Waals surface area contributed by atoms with Gasteiger partial charge in [0.05, 0.1) is 51.7 Å². The van der Waals surface area contributed by atoms with Gasteiger partial charge in [-0.15, -0.1) is 0 Å². The van der Waals surface area contributed by atoms with E-state index >= 15 is 0 Å². The van der Waals surface area contributed by atoms with E-state index < -0.39 is 12.0 Å². The van der Waals surface area contributed by atoms with E-state index in [9.17, 15) is 14.9 Å². The number of carbonyl (C=O) groups excluding carboxylic acids is 1. The summed E-state index contributed by atoms with van der Waals surface area (Å²) in [6.07, 6.45) is 1.79. The summed E-state index contributed by atoms with van der Waals surface area (Å²) >= 11 is 4.82. The SMILES string of the molecule is CCOC(=O)C1=C(C)N=c2s/c(=C/c3ccc(OCc4ccccc4C#N)c(Br)c3)c(=O)n2[C@@H]1c1ccc(OC)cc1. The number of nitrogens with zero attached hydrogens (tertiary/aromatic N) is 3. The lowest BCUT2D eigenvalue weighted by molar-refractivity contribution is -0.139. The van der Waals surface area contributed by atoms with E-state index in [1.54, 1.807) is 49.8 Å². The maximum absolute atomic E-state index is 13.8. The molecule has 42 heavy (non-hydrogen) atoms. The van der Waals surface area contributed by atoms with E-state index in [0.29, 0.717) is 42.1 Å². The van der Waals surface area contributed by atoms with Crippen LogP contribution >= 0.6 is 27.3 Å². The normalized spacial score (nSPS) is 14.5. The Morgan fingerprint density at radius 2 is 1.93 bits per heavy atom. The number of aromatic nitrogens is 1. The van der Waals surface area contributed by atoms with Crippen LogP contribution in [-0.2, 0) is 16.1 Å². The molecule has 1 aliphatic heterocycles. The monoisotopic (exact) mass is 643 g/mol. The van der Waals surface area contributed by atoms with Crippen LogP contribution in [-0.4, -0.2) is 24.3 Å². The molecule has 0 N–H and O–H groups in total. The Labute approximate surface area is 254 Å². The minimum atomic E-state index is -0.702. The second-order valence-electron chi connectivity index (χ2n) is 9.32. The largest absolute Gasteiger partial charge is 0.497 e. The number of ether oxygens (including phenoxy) is 3. The van der Waals surface area contributed by atoms with Gasteiger partial charge in [-0.3, -0.25) is 9.36 Å². The fourth-order valence-corrected chi connectivity index (χ4v) is 6.24. The van der Waals surface area contributed by atoms with Crippen LogP contribution in [0, 0.1) is 11.3 Å². The Balaban J connectivity index is 1.52. The van der Waals surface area contributed by atoms with E-state index in [2.05, 4.69) is 27.0 Å². The summed E-state index contributed by atoms with van der Waals surface area (Å²) in [5, 5.41) is 9.33. The number of allylic oxidation sites excluding steroid dienone is 1. The highest BCUT2D eigenvalue weighted by Gasteiger charge is 2.33. The minimum absolute atomic E-state index is 0.203. The van der Waals surface area contributed by atoms with Crippen molar-refractivity contribution in [3.8, 4) is 17.6 Å². The molecule has 10 heteroatoms. The number of nitriles is 1. The molecule has 5 rings (SSSR count). The predicted octanol–water partition coefficient (Wildman–Crippen LogP) is 5.02. The third-order valence-electron chi connectivity index (χ3n) is 6.72. The average molecular weight is 645 g/mol. The van der Waals surface area contributed by atoms with E-state index in [-0.39, 0.29) is 18.8 Å². The number of benzene rings is 3. The molecule has 0 bridgehead atoms. The highest BCUT2D eigenvalue weighted by atomic mass is 79.9. The first-order valence-electron chi connectivity index (χ1n) is 13.1.